The van der Waals surface area contributed by atoms with Crippen LogP contribution in [0.5, 0.6) is 0 Å². The number of nitrogens with zero attached hydrogens (tertiary/aromatic N) is 1. The maximum absolute atomic E-state index is 3.43. The van der Waals surface area contributed by atoms with Gasteiger partial charge in [0.1, 0.15) is 0 Å². The van der Waals surface area contributed by atoms with Gasteiger partial charge in [-0.05, 0) is 53.2 Å². The van der Waals surface area contributed by atoms with E-state index in [1.165, 1.54) is 32.4 Å². The Kier molecular flexibility index (Phi) is 3.74. The van der Waals surface area contributed by atoms with Crippen molar-refractivity contribution in [2.24, 2.45) is 5.92 Å². The van der Waals surface area contributed by atoms with Gasteiger partial charge >= 0.3 is 0 Å². The molecule has 1 atom stereocenters. The zero-order valence-electron chi connectivity index (χ0n) is 9.56. The Bertz CT molecular complexity index is 154. The summed E-state index contributed by atoms with van der Waals surface area (Å²) in [4.78, 5) is 2.47. The van der Waals surface area contributed by atoms with Crippen molar-refractivity contribution in [1.82, 2.24) is 10.2 Å². The summed E-state index contributed by atoms with van der Waals surface area (Å²) in [6.45, 7) is 7.15. The molecule has 78 valence electrons. The molecule has 1 rings (SSSR count). The van der Waals surface area contributed by atoms with Gasteiger partial charge < -0.3 is 10.2 Å². The monoisotopic (exact) mass is 184 g/mol. The van der Waals surface area contributed by atoms with Crippen molar-refractivity contribution in [1.29, 1.82) is 0 Å². The fourth-order valence-corrected chi connectivity index (χ4v) is 2.12. The maximum Gasteiger partial charge on any atom is 0.0162 e. The highest BCUT2D eigenvalue weighted by atomic mass is 15.1. The molecule has 0 saturated carbocycles. The zero-order chi connectivity index (χ0) is 9.90. The third kappa shape index (κ3) is 2.96. The molecule has 2 heteroatoms. The van der Waals surface area contributed by atoms with Crippen LogP contribution < -0.4 is 5.32 Å². The van der Waals surface area contributed by atoms with E-state index < -0.39 is 0 Å². The van der Waals surface area contributed by atoms with E-state index in [-0.39, 0.29) is 0 Å². The number of likely N-dealkylation sites (tertiary alicyclic amines) is 1. The Hall–Kier alpha value is -0.0800. The van der Waals surface area contributed by atoms with Crippen LogP contribution in [0.3, 0.4) is 0 Å². The fraction of sp³-hybridized carbons (Fsp3) is 1.00. The van der Waals surface area contributed by atoms with Crippen LogP contribution in [-0.2, 0) is 0 Å². The van der Waals surface area contributed by atoms with Crippen LogP contribution in [0.2, 0.25) is 0 Å². The Morgan fingerprint density at radius 1 is 1.31 bits per heavy atom. The van der Waals surface area contributed by atoms with Crippen LogP contribution in [0.15, 0.2) is 0 Å². The molecule has 0 bridgehead atoms. The van der Waals surface area contributed by atoms with Crippen LogP contribution in [0.4, 0.5) is 0 Å². The first-order chi connectivity index (χ1) is 6.06. The number of nitrogens with one attached hydrogen (secondary N) is 1. The topological polar surface area (TPSA) is 15.3 Å². The summed E-state index contributed by atoms with van der Waals surface area (Å²) < 4.78 is 0. The summed E-state index contributed by atoms with van der Waals surface area (Å²) >= 11 is 0. The molecule has 1 aliphatic rings. The average molecular weight is 184 g/mol. The summed E-state index contributed by atoms with van der Waals surface area (Å²) in [6, 6.07) is 0. The number of hydrogen-bond acceptors (Lipinski definition) is 2. The second-order valence-corrected chi connectivity index (χ2v) is 4.93. The molecular formula is C11H24N2. The molecule has 0 aromatic carbocycles. The Balaban J connectivity index is 2.56. The molecule has 1 saturated heterocycles. The standard InChI is InChI=1S/C11H24N2/c1-11(2,12-3)10-7-5-6-8-13(4)9-10/h10,12H,5-9H2,1-4H3. The summed E-state index contributed by atoms with van der Waals surface area (Å²) in [6.07, 6.45) is 4.13. The SMILES string of the molecule is CNC(C)(C)C1CCCCN(C)C1. The van der Waals surface area contributed by atoms with Gasteiger partial charge in [0.2, 0.25) is 0 Å². The van der Waals surface area contributed by atoms with Crippen LogP contribution >= 0.6 is 0 Å². The molecule has 0 aromatic rings. The van der Waals surface area contributed by atoms with Crippen LogP contribution in [0, 0.1) is 5.92 Å². The molecule has 0 aliphatic carbocycles. The molecule has 1 unspecified atom stereocenters. The third-order valence-electron chi connectivity index (χ3n) is 3.54. The van der Waals surface area contributed by atoms with Gasteiger partial charge in [-0.15, -0.1) is 0 Å². The van der Waals surface area contributed by atoms with Gasteiger partial charge in [0.05, 0.1) is 0 Å². The summed E-state index contributed by atoms with van der Waals surface area (Å²) in [5.74, 6) is 0.796. The summed E-state index contributed by atoms with van der Waals surface area (Å²) in [5, 5.41) is 3.43. The fourth-order valence-electron chi connectivity index (χ4n) is 2.12. The zero-order valence-corrected chi connectivity index (χ0v) is 9.56. The normalized spacial score (nSPS) is 27.2. The molecule has 0 spiro atoms. The minimum absolute atomic E-state index is 0.290. The predicted molar refractivity (Wildman–Crippen MR) is 58.0 cm³/mol. The largest absolute Gasteiger partial charge is 0.314 e. The molecule has 1 aliphatic heterocycles. The molecule has 1 fully saturated rings. The van der Waals surface area contributed by atoms with Crippen molar-refractivity contribution in [2.45, 2.75) is 38.6 Å². The lowest BCUT2D eigenvalue weighted by molar-refractivity contribution is 0.200. The smallest absolute Gasteiger partial charge is 0.0162 e. The average Bonchev–Trinajstić information content (AvgIpc) is 2.30. The second kappa shape index (κ2) is 4.43. The van der Waals surface area contributed by atoms with Crippen molar-refractivity contribution in [2.75, 3.05) is 27.2 Å². The van der Waals surface area contributed by atoms with Crippen LogP contribution in [0.25, 0.3) is 0 Å². The van der Waals surface area contributed by atoms with Crippen LogP contribution in [-0.4, -0.2) is 37.6 Å². The summed E-state index contributed by atoms with van der Waals surface area (Å²) in [5.41, 5.74) is 0.290. The molecule has 0 aromatic heterocycles. The van der Waals surface area contributed by atoms with Crippen molar-refractivity contribution in [3.8, 4) is 0 Å². The Labute approximate surface area is 82.7 Å². The van der Waals surface area contributed by atoms with E-state index in [0.717, 1.165) is 5.92 Å². The molecule has 1 heterocycles. The lowest BCUT2D eigenvalue weighted by Gasteiger charge is -2.35. The molecule has 0 radical (unpaired) electrons. The summed E-state index contributed by atoms with van der Waals surface area (Å²) in [7, 11) is 4.31. The first-order valence-electron chi connectivity index (χ1n) is 5.43. The minimum atomic E-state index is 0.290. The van der Waals surface area contributed by atoms with Gasteiger partial charge in [-0.2, -0.15) is 0 Å². The molecule has 2 nitrogen and oxygen atoms in total. The van der Waals surface area contributed by atoms with E-state index in [4.69, 9.17) is 0 Å². The van der Waals surface area contributed by atoms with Crippen molar-refractivity contribution < 1.29 is 0 Å². The minimum Gasteiger partial charge on any atom is -0.314 e. The van der Waals surface area contributed by atoms with Gasteiger partial charge in [0, 0.05) is 12.1 Å². The highest BCUT2D eigenvalue weighted by molar-refractivity contribution is 4.87. The van der Waals surface area contributed by atoms with Crippen molar-refractivity contribution >= 4 is 0 Å². The van der Waals surface area contributed by atoms with Crippen molar-refractivity contribution in [3.63, 3.8) is 0 Å². The lowest BCUT2D eigenvalue weighted by atomic mass is 9.84. The molecule has 1 N–H and O–H groups in total. The lowest BCUT2D eigenvalue weighted by Crippen LogP contribution is -2.47. The van der Waals surface area contributed by atoms with Crippen LogP contribution in [0.1, 0.15) is 33.1 Å². The third-order valence-corrected chi connectivity index (χ3v) is 3.54. The van der Waals surface area contributed by atoms with Gasteiger partial charge in [0.15, 0.2) is 0 Å². The van der Waals surface area contributed by atoms with Gasteiger partial charge in [0.25, 0.3) is 0 Å². The Morgan fingerprint density at radius 2 is 2.00 bits per heavy atom. The highest BCUT2D eigenvalue weighted by Crippen LogP contribution is 2.25. The van der Waals surface area contributed by atoms with Gasteiger partial charge in [-0.3, -0.25) is 0 Å². The van der Waals surface area contributed by atoms with Crippen molar-refractivity contribution in [3.05, 3.63) is 0 Å². The van der Waals surface area contributed by atoms with E-state index in [9.17, 15) is 0 Å². The molecule has 13 heavy (non-hydrogen) atoms. The van der Waals surface area contributed by atoms with E-state index >= 15 is 0 Å². The Morgan fingerprint density at radius 3 is 2.62 bits per heavy atom. The van der Waals surface area contributed by atoms with E-state index in [1.807, 2.05) is 0 Å². The predicted octanol–water partition coefficient (Wildman–Crippen LogP) is 1.72. The highest BCUT2D eigenvalue weighted by Gasteiger charge is 2.29. The van der Waals surface area contributed by atoms with Gasteiger partial charge in [-0.25, -0.2) is 0 Å². The molecular weight excluding hydrogens is 160 g/mol. The maximum atomic E-state index is 3.43. The van der Waals surface area contributed by atoms with E-state index in [1.54, 1.807) is 0 Å². The van der Waals surface area contributed by atoms with Gasteiger partial charge in [-0.1, -0.05) is 6.42 Å². The first kappa shape index (κ1) is 11.0. The second-order valence-electron chi connectivity index (χ2n) is 4.93. The van der Waals surface area contributed by atoms with E-state index in [2.05, 4.69) is 38.2 Å². The quantitative estimate of drug-likeness (QED) is 0.703. The van der Waals surface area contributed by atoms with E-state index in [0.29, 0.717) is 5.54 Å². The molecule has 0 amide bonds. The number of hydrogen-bond donors (Lipinski definition) is 1. The first-order valence-corrected chi connectivity index (χ1v) is 5.43. The number of rotatable bonds is 2.